The molecule has 1 unspecified atom stereocenters. The summed E-state index contributed by atoms with van der Waals surface area (Å²) in [5.74, 6) is -1.44. The molecular weight excluding hydrogens is 285 g/mol. The van der Waals surface area contributed by atoms with Crippen molar-refractivity contribution in [2.24, 2.45) is 0 Å². The van der Waals surface area contributed by atoms with Crippen LogP contribution < -0.4 is 0 Å². The summed E-state index contributed by atoms with van der Waals surface area (Å²) < 4.78 is 42.1. The molecule has 22 heavy (non-hydrogen) atoms. The molecule has 0 bridgehead atoms. The van der Waals surface area contributed by atoms with Gasteiger partial charge in [0.1, 0.15) is 17.5 Å². The smallest absolute Gasteiger partial charge is 0.129 e. The van der Waals surface area contributed by atoms with E-state index in [0.717, 1.165) is 24.0 Å². The standard InChI is InChI=1S/C19H19F3/c1-2-3-12-8-17(21)19(18(22)9-12)14-5-4-13-6-7-16(20)11-15(13)10-14/h6-9,11,14H,2-5,10H2,1H3. The maximum atomic E-state index is 14.4. The van der Waals surface area contributed by atoms with Crippen molar-refractivity contribution in [2.45, 2.75) is 44.9 Å². The van der Waals surface area contributed by atoms with E-state index in [4.69, 9.17) is 0 Å². The fourth-order valence-corrected chi connectivity index (χ4v) is 3.43. The predicted octanol–water partition coefficient (Wildman–Crippen LogP) is 5.33. The highest BCUT2D eigenvalue weighted by Crippen LogP contribution is 2.36. The molecule has 2 aromatic rings. The number of rotatable bonds is 3. The number of aryl methyl sites for hydroxylation is 2. The molecule has 0 radical (unpaired) electrons. The second kappa shape index (κ2) is 6.15. The Hall–Kier alpha value is -1.77. The van der Waals surface area contributed by atoms with E-state index >= 15 is 0 Å². The minimum atomic E-state index is -0.465. The molecule has 0 amide bonds. The molecule has 2 aromatic carbocycles. The molecule has 116 valence electrons. The molecule has 0 fully saturated rings. The van der Waals surface area contributed by atoms with Crippen molar-refractivity contribution in [1.82, 2.24) is 0 Å². The van der Waals surface area contributed by atoms with E-state index in [-0.39, 0.29) is 17.3 Å². The van der Waals surface area contributed by atoms with E-state index in [1.165, 1.54) is 24.3 Å². The summed E-state index contributed by atoms with van der Waals surface area (Å²) in [4.78, 5) is 0. The van der Waals surface area contributed by atoms with Gasteiger partial charge in [-0.25, -0.2) is 13.2 Å². The molecule has 0 N–H and O–H groups in total. The second-order valence-corrected chi connectivity index (χ2v) is 6.08. The quantitative estimate of drug-likeness (QED) is 0.719. The fraction of sp³-hybridized carbons (Fsp3) is 0.368. The van der Waals surface area contributed by atoms with Crippen LogP contribution in [0.4, 0.5) is 13.2 Å². The van der Waals surface area contributed by atoms with Crippen LogP contribution in [0.5, 0.6) is 0 Å². The molecule has 1 aliphatic rings. The fourth-order valence-electron chi connectivity index (χ4n) is 3.43. The van der Waals surface area contributed by atoms with E-state index in [1.54, 1.807) is 6.07 Å². The number of hydrogen-bond donors (Lipinski definition) is 0. The minimum Gasteiger partial charge on any atom is -0.207 e. The van der Waals surface area contributed by atoms with Gasteiger partial charge < -0.3 is 0 Å². The molecule has 1 aliphatic carbocycles. The van der Waals surface area contributed by atoms with Crippen LogP contribution in [0.3, 0.4) is 0 Å². The zero-order valence-electron chi connectivity index (χ0n) is 12.6. The van der Waals surface area contributed by atoms with Crippen LogP contribution in [-0.4, -0.2) is 0 Å². The molecule has 0 heterocycles. The van der Waals surface area contributed by atoms with Gasteiger partial charge in [-0.2, -0.15) is 0 Å². The van der Waals surface area contributed by atoms with Crippen molar-refractivity contribution in [3.63, 3.8) is 0 Å². The summed E-state index contributed by atoms with van der Waals surface area (Å²) in [5, 5.41) is 0. The van der Waals surface area contributed by atoms with Crippen molar-refractivity contribution in [1.29, 1.82) is 0 Å². The topological polar surface area (TPSA) is 0 Å². The van der Waals surface area contributed by atoms with Crippen molar-refractivity contribution < 1.29 is 13.2 Å². The van der Waals surface area contributed by atoms with Gasteiger partial charge in [-0.15, -0.1) is 0 Å². The third-order valence-corrected chi connectivity index (χ3v) is 4.48. The second-order valence-electron chi connectivity index (χ2n) is 6.08. The first-order valence-electron chi connectivity index (χ1n) is 7.83. The SMILES string of the molecule is CCCc1cc(F)c(C2CCc3ccc(F)cc3C2)c(F)c1. The highest BCUT2D eigenvalue weighted by Gasteiger charge is 2.26. The number of hydrogen-bond acceptors (Lipinski definition) is 0. The van der Waals surface area contributed by atoms with Crippen molar-refractivity contribution in [3.8, 4) is 0 Å². The molecule has 0 aromatic heterocycles. The van der Waals surface area contributed by atoms with Crippen LogP contribution >= 0.6 is 0 Å². The normalized spacial score (nSPS) is 17.4. The van der Waals surface area contributed by atoms with Crippen LogP contribution in [-0.2, 0) is 19.3 Å². The molecule has 0 aliphatic heterocycles. The van der Waals surface area contributed by atoms with Crippen LogP contribution in [0.1, 0.15) is 47.9 Å². The highest BCUT2D eigenvalue weighted by molar-refractivity contribution is 5.36. The maximum absolute atomic E-state index is 14.4. The average molecular weight is 304 g/mol. The Kier molecular flexibility index (Phi) is 4.23. The maximum Gasteiger partial charge on any atom is 0.129 e. The Morgan fingerprint density at radius 1 is 1.00 bits per heavy atom. The first-order valence-corrected chi connectivity index (χ1v) is 7.83. The Morgan fingerprint density at radius 3 is 2.41 bits per heavy atom. The largest absolute Gasteiger partial charge is 0.207 e. The van der Waals surface area contributed by atoms with E-state index in [2.05, 4.69) is 0 Å². The van der Waals surface area contributed by atoms with E-state index < -0.39 is 11.6 Å². The lowest BCUT2D eigenvalue weighted by Crippen LogP contribution is -2.16. The summed E-state index contributed by atoms with van der Waals surface area (Å²) in [5.41, 5.74) is 2.81. The van der Waals surface area contributed by atoms with Crippen molar-refractivity contribution >= 4 is 0 Å². The number of halogens is 3. The summed E-state index contributed by atoms with van der Waals surface area (Å²) in [6, 6.07) is 7.60. The van der Waals surface area contributed by atoms with Crippen LogP contribution in [0.25, 0.3) is 0 Å². The van der Waals surface area contributed by atoms with Crippen LogP contribution in [0, 0.1) is 17.5 Å². The molecule has 3 rings (SSSR count). The van der Waals surface area contributed by atoms with Crippen molar-refractivity contribution in [3.05, 3.63) is 70.0 Å². The zero-order valence-corrected chi connectivity index (χ0v) is 12.6. The van der Waals surface area contributed by atoms with Gasteiger partial charge in [0, 0.05) is 5.56 Å². The van der Waals surface area contributed by atoms with Gasteiger partial charge in [-0.05, 0) is 72.6 Å². The summed E-state index contributed by atoms with van der Waals surface area (Å²) in [7, 11) is 0. The average Bonchev–Trinajstić information content (AvgIpc) is 2.46. The van der Waals surface area contributed by atoms with E-state index in [9.17, 15) is 13.2 Å². The Bertz CT molecular complexity index is 668. The molecule has 0 spiro atoms. The van der Waals surface area contributed by atoms with Crippen molar-refractivity contribution in [2.75, 3.05) is 0 Å². The lowest BCUT2D eigenvalue weighted by Gasteiger charge is -2.26. The van der Waals surface area contributed by atoms with Crippen LogP contribution in [0.15, 0.2) is 30.3 Å². The van der Waals surface area contributed by atoms with Crippen LogP contribution in [0.2, 0.25) is 0 Å². The number of benzene rings is 2. The summed E-state index contributed by atoms with van der Waals surface area (Å²) in [6.07, 6.45) is 3.45. The van der Waals surface area contributed by atoms with Gasteiger partial charge >= 0.3 is 0 Å². The van der Waals surface area contributed by atoms with Gasteiger partial charge in [0.2, 0.25) is 0 Å². The van der Waals surface area contributed by atoms with Gasteiger partial charge in [0.25, 0.3) is 0 Å². The van der Waals surface area contributed by atoms with Gasteiger partial charge in [-0.3, -0.25) is 0 Å². The first kappa shape index (κ1) is 15.1. The van der Waals surface area contributed by atoms with Gasteiger partial charge in [-0.1, -0.05) is 19.4 Å². The monoisotopic (exact) mass is 304 g/mol. The third-order valence-electron chi connectivity index (χ3n) is 4.48. The first-order chi connectivity index (χ1) is 10.6. The minimum absolute atomic E-state index is 0.162. The molecule has 0 saturated carbocycles. The summed E-state index contributed by atoms with van der Waals surface area (Å²) in [6.45, 7) is 1.98. The highest BCUT2D eigenvalue weighted by atomic mass is 19.1. The zero-order chi connectivity index (χ0) is 15.7. The molecule has 0 saturated heterocycles. The number of fused-ring (bicyclic) bond motifs is 1. The molecule has 1 atom stereocenters. The Morgan fingerprint density at radius 2 is 1.73 bits per heavy atom. The van der Waals surface area contributed by atoms with E-state index in [1.807, 2.05) is 6.92 Å². The van der Waals surface area contributed by atoms with Gasteiger partial charge in [0.15, 0.2) is 0 Å². The summed E-state index contributed by atoms with van der Waals surface area (Å²) >= 11 is 0. The lowest BCUT2D eigenvalue weighted by atomic mass is 9.79. The molecule has 0 nitrogen and oxygen atoms in total. The Balaban J connectivity index is 1.92. The molecular formula is C19H19F3. The Labute approximate surface area is 129 Å². The predicted molar refractivity (Wildman–Crippen MR) is 81.5 cm³/mol. The lowest BCUT2D eigenvalue weighted by molar-refractivity contribution is 0.488. The molecule has 3 heteroatoms. The van der Waals surface area contributed by atoms with Gasteiger partial charge in [0.05, 0.1) is 0 Å². The third kappa shape index (κ3) is 2.90. The van der Waals surface area contributed by atoms with E-state index in [0.29, 0.717) is 24.8 Å².